The van der Waals surface area contributed by atoms with Crippen molar-refractivity contribution in [1.82, 2.24) is 4.57 Å². The molecule has 0 spiro atoms. The molecule has 0 saturated carbocycles. The maximum Gasteiger partial charge on any atom is 0.353 e. The normalized spacial score (nSPS) is 17.7. The predicted molar refractivity (Wildman–Crippen MR) is 113 cm³/mol. The highest BCUT2D eigenvalue weighted by atomic mass is 79.9. The Hall–Kier alpha value is -2.04. The zero-order valence-electron chi connectivity index (χ0n) is 15.0. The Morgan fingerprint density at radius 3 is 2.26 bits per heavy atom. The van der Waals surface area contributed by atoms with Gasteiger partial charge < -0.3 is 9.67 Å². The van der Waals surface area contributed by atoms with Crippen molar-refractivity contribution < 1.29 is 9.90 Å². The van der Waals surface area contributed by atoms with E-state index >= 15 is 0 Å². The van der Waals surface area contributed by atoms with Gasteiger partial charge in [-0.3, -0.25) is 0 Å². The van der Waals surface area contributed by atoms with Gasteiger partial charge in [0.25, 0.3) is 0 Å². The third-order valence-corrected chi connectivity index (χ3v) is 7.12. The molecular formula is C22H19BrClNO2. The summed E-state index contributed by atoms with van der Waals surface area (Å²) in [6.45, 7) is 4.96. The monoisotopic (exact) mass is 443 g/mol. The lowest BCUT2D eigenvalue weighted by atomic mass is 9.86. The van der Waals surface area contributed by atoms with Gasteiger partial charge in [-0.05, 0) is 23.3 Å². The molecule has 2 heterocycles. The highest BCUT2D eigenvalue weighted by Gasteiger charge is 2.44. The van der Waals surface area contributed by atoms with E-state index in [-0.39, 0.29) is 10.2 Å². The average Bonchev–Trinajstić information content (AvgIpc) is 3.07. The van der Waals surface area contributed by atoms with Gasteiger partial charge in [0, 0.05) is 33.8 Å². The molecule has 3 aromatic rings. The molecule has 1 unspecified atom stereocenters. The molecule has 27 heavy (non-hydrogen) atoms. The summed E-state index contributed by atoms with van der Waals surface area (Å²) in [5.41, 5.74) is 4.87. The molecule has 138 valence electrons. The van der Waals surface area contributed by atoms with E-state index in [1.54, 1.807) is 12.1 Å². The second-order valence-electron chi connectivity index (χ2n) is 7.60. The van der Waals surface area contributed by atoms with Crippen LogP contribution in [0.25, 0.3) is 22.3 Å². The molecule has 1 aliphatic heterocycles. The van der Waals surface area contributed by atoms with Gasteiger partial charge >= 0.3 is 5.97 Å². The standard InChI is InChI=1S/C22H19BrClNO2/c1-22(2)12-25-18(20(22)23)16(13-6-4-3-5-7-13)17(19(25)21(26)27)14-8-10-15(24)11-9-14/h3-11,20H,12H2,1-2H3,(H,26,27). The van der Waals surface area contributed by atoms with E-state index in [9.17, 15) is 9.90 Å². The zero-order chi connectivity index (χ0) is 19.3. The number of halogens is 2. The van der Waals surface area contributed by atoms with Gasteiger partial charge in [0.05, 0.1) is 4.83 Å². The van der Waals surface area contributed by atoms with E-state index in [1.165, 1.54) is 0 Å². The predicted octanol–water partition coefficient (Wildman–Crippen LogP) is 6.65. The fourth-order valence-corrected chi connectivity index (χ4v) is 4.69. The second-order valence-corrected chi connectivity index (χ2v) is 8.95. The first-order chi connectivity index (χ1) is 12.8. The van der Waals surface area contributed by atoms with Crippen LogP contribution in [0.1, 0.15) is 34.9 Å². The second kappa shape index (κ2) is 6.54. The highest BCUT2D eigenvalue weighted by Crippen LogP contribution is 2.55. The Labute approximate surface area is 171 Å². The fourth-order valence-electron chi connectivity index (χ4n) is 3.94. The minimum absolute atomic E-state index is 0.0550. The average molecular weight is 445 g/mol. The van der Waals surface area contributed by atoms with E-state index in [4.69, 9.17) is 11.6 Å². The lowest BCUT2D eigenvalue weighted by Crippen LogP contribution is -2.17. The Kier molecular flexibility index (Phi) is 4.44. The Bertz CT molecular complexity index is 1020. The molecule has 5 heteroatoms. The summed E-state index contributed by atoms with van der Waals surface area (Å²) < 4.78 is 1.97. The van der Waals surface area contributed by atoms with Gasteiger partial charge in [-0.2, -0.15) is 0 Å². The van der Waals surface area contributed by atoms with Gasteiger partial charge in [0.15, 0.2) is 0 Å². The molecule has 0 saturated heterocycles. The van der Waals surface area contributed by atoms with Crippen molar-refractivity contribution in [2.45, 2.75) is 25.2 Å². The van der Waals surface area contributed by atoms with Crippen molar-refractivity contribution in [3.63, 3.8) is 0 Å². The zero-order valence-corrected chi connectivity index (χ0v) is 17.4. The molecule has 0 radical (unpaired) electrons. The summed E-state index contributed by atoms with van der Waals surface area (Å²) in [6, 6.07) is 17.4. The largest absolute Gasteiger partial charge is 0.477 e. The summed E-state index contributed by atoms with van der Waals surface area (Å²) >= 11 is 9.92. The van der Waals surface area contributed by atoms with Crippen LogP contribution in [0.3, 0.4) is 0 Å². The van der Waals surface area contributed by atoms with Crippen LogP contribution in [0, 0.1) is 5.41 Å². The minimum Gasteiger partial charge on any atom is -0.477 e. The smallest absolute Gasteiger partial charge is 0.353 e. The van der Waals surface area contributed by atoms with Crippen molar-refractivity contribution >= 4 is 33.5 Å². The lowest BCUT2D eigenvalue weighted by Gasteiger charge is -2.23. The van der Waals surface area contributed by atoms with E-state index < -0.39 is 5.97 Å². The summed E-state index contributed by atoms with van der Waals surface area (Å²) in [5, 5.41) is 10.7. The van der Waals surface area contributed by atoms with Crippen molar-refractivity contribution in [2.75, 3.05) is 0 Å². The first kappa shape index (κ1) is 18.3. The molecule has 0 aliphatic carbocycles. The molecular weight excluding hydrogens is 426 g/mol. The fraction of sp³-hybridized carbons (Fsp3) is 0.227. The van der Waals surface area contributed by atoms with Crippen LogP contribution in [0.15, 0.2) is 54.6 Å². The minimum atomic E-state index is -0.916. The van der Waals surface area contributed by atoms with Gasteiger partial charge in [0.2, 0.25) is 0 Å². The number of carbonyl (C=O) groups is 1. The Balaban J connectivity index is 2.11. The molecule has 3 nitrogen and oxygen atoms in total. The maximum absolute atomic E-state index is 12.3. The number of alkyl halides is 1. The summed E-state index contributed by atoms with van der Waals surface area (Å²) in [7, 11) is 0. The molecule has 1 atom stereocenters. The SMILES string of the molecule is CC1(C)Cn2c(C(=O)O)c(-c3ccc(Cl)cc3)c(-c3ccccc3)c2C1Br. The van der Waals surface area contributed by atoms with E-state index in [1.807, 2.05) is 47.0 Å². The van der Waals surface area contributed by atoms with Crippen molar-refractivity contribution in [1.29, 1.82) is 0 Å². The quantitative estimate of drug-likeness (QED) is 0.460. The van der Waals surface area contributed by atoms with Crippen LogP contribution < -0.4 is 0 Å². The van der Waals surface area contributed by atoms with Crippen LogP contribution >= 0.6 is 27.5 Å². The number of carboxylic acid groups (broad SMARTS) is 1. The topological polar surface area (TPSA) is 42.2 Å². The van der Waals surface area contributed by atoms with E-state index in [0.717, 1.165) is 27.9 Å². The third-order valence-electron chi connectivity index (χ3n) is 5.19. The molecule has 4 rings (SSSR count). The van der Waals surface area contributed by atoms with Crippen LogP contribution in [0.4, 0.5) is 0 Å². The summed E-state index contributed by atoms with van der Waals surface area (Å²) in [6.07, 6.45) is 0. The van der Waals surface area contributed by atoms with Crippen molar-refractivity contribution in [3.8, 4) is 22.3 Å². The van der Waals surface area contributed by atoms with Crippen molar-refractivity contribution in [3.05, 3.63) is 71.0 Å². The number of hydrogen-bond acceptors (Lipinski definition) is 1. The van der Waals surface area contributed by atoms with Gasteiger partial charge in [-0.1, -0.05) is 83.8 Å². The highest BCUT2D eigenvalue weighted by molar-refractivity contribution is 9.09. The summed E-state index contributed by atoms with van der Waals surface area (Å²) in [4.78, 5) is 12.4. The summed E-state index contributed by atoms with van der Waals surface area (Å²) in [5.74, 6) is -0.916. The van der Waals surface area contributed by atoms with Gasteiger partial charge in [-0.25, -0.2) is 4.79 Å². The number of rotatable bonds is 3. The number of fused-ring (bicyclic) bond motifs is 1. The van der Waals surface area contributed by atoms with E-state index in [2.05, 4.69) is 29.8 Å². The molecule has 2 aromatic carbocycles. The van der Waals surface area contributed by atoms with Gasteiger partial charge in [0.1, 0.15) is 5.69 Å². The molecule has 1 aliphatic rings. The molecule has 1 N–H and O–H groups in total. The van der Waals surface area contributed by atoms with Crippen LogP contribution in [0.5, 0.6) is 0 Å². The van der Waals surface area contributed by atoms with Crippen LogP contribution in [-0.2, 0) is 6.54 Å². The molecule has 1 aromatic heterocycles. The number of benzene rings is 2. The Morgan fingerprint density at radius 1 is 1.07 bits per heavy atom. The number of aromatic nitrogens is 1. The maximum atomic E-state index is 12.3. The van der Waals surface area contributed by atoms with Crippen molar-refractivity contribution in [2.24, 2.45) is 5.41 Å². The molecule has 0 amide bonds. The number of aromatic carboxylic acids is 1. The van der Waals surface area contributed by atoms with E-state index in [0.29, 0.717) is 17.3 Å². The lowest BCUT2D eigenvalue weighted by molar-refractivity contribution is 0.0685. The number of hydrogen-bond donors (Lipinski definition) is 1. The number of carboxylic acids is 1. The van der Waals surface area contributed by atoms with Gasteiger partial charge in [-0.15, -0.1) is 0 Å². The molecule has 0 fully saturated rings. The molecule has 0 bridgehead atoms. The first-order valence-corrected chi connectivity index (χ1v) is 10.1. The Morgan fingerprint density at radius 2 is 1.67 bits per heavy atom. The number of nitrogens with zero attached hydrogens (tertiary/aromatic N) is 1. The third kappa shape index (κ3) is 2.91. The van der Waals surface area contributed by atoms with Crippen LogP contribution in [0.2, 0.25) is 5.02 Å². The first-order valence-electron chi connectivity index (χ1n) is 8.76. The van der Waals surface area contributed by atoms with Crippen LogP contribution in [-0.4, -0.2) is 15.6 Å².